The molecule has 0 fully saturated rings. The van der Waals surface area contributed by atoms with E-state index in [0.717, 1.165) is 10.8 Å². The molecule has 0 radical (unpaired) electrons. The largest absolute Gasteiger partial charge is 0.467 e. The topological polar surface area (TPSA) is 131 Å². The van der Waals surface area contributed by atoms with Crippen LogP contribution < -0.4 is 10.6 Å². The van der Waals surface area contributed by atoms with Crippen molar-refractivity contribution in [2.45, 2.75) is 44.6 Å². The Morgan fingerprint density at radius 2 is 1.61 bits per heavy atom. The van der Waals surface area contributed by atoms with Crippen molar-refractivity contribution in [3.63, 3.8) is 0 Å². The Labute approximate surface area is 222 Å². The van der Waals surface area contributed by atoms with Crippen LogP contribution in [0.1, 0.15) is 25.0 Å². The lowest BCUT2D eigenvalue weighted by molar-refractivity contribution is -0.149. The smallest absolute Gasteiger partial charge is 0.351 e. The summed E-state index contributed by atoms with van der Waals surface area (Å²) in [5, 5.41) is 6.95. The summed E-state index contributed by atoms with van der Waals surface area (Å²) in [6.45, 7) is 3.47. The van der Waals surface area contributed by atoms with Gasteiger partial charge in [0.2, 0.25) is 12.3 Å². The minimum Gasteiger partial charge on any atom is -0.467 e. The molecule has 0 aliphatic carbocycles. The van der Waals surface area contributed by atoms with E-state index in [0.29, 0.717) is 17.5 Å². The van der Waals surface area contributed by atoms with Crippen LogP contribution in [0.4, 0.5) is 0 Å². The van der Waals surface area contributed by atoms with Gasteiger partial charge in [0.1, 0.15) is 11.8 Å². The molecule has 38 heavy (non-hydrogen) atoms. The molecule has 0 saturated heterocycles. The van der Waals surface area contributed by atoms with Gasteiger partial charge in [-0.05, 0) is 27.8 Å². The van der Waals surface area contributed by atoms with E-state index in [9.17, 15) is 23.8 Å². The second-order valence-corrected chi connectivity index (χ2v) is 11.2. The van der Waals surface area contributed by atoms with Gasteiger partial charge in [0.15, 0.2) is 6.10 Å². The first-order valence-corrected chi connectivity index (χ1v) is 13.9. The second kappa shape index (κ2) is 13.3. The predicted molar refractivity (Wildman–Crippen MR) is 144 cm³/mol. The molecule has 0 heterocycles. The van der Waals surface area contributed by atoms with Gasteiger partial charge in [0.25, 0.3) is 0 Å². The summed E-state index contributed by atoms with van der Waals surface area (Å²) in [4.78, 5) is 47.8. The number of hydrogen-bond acceptors (Lipinski definition) is 6. The van der Waals surface area contributed by atoms with Crippen molar-refractivity contribution in [2.75, 3.05) is 7.11 Å². The van der Waals surface area contributed by atoms with Crippen molar-refractivity contribution in [1.29, 1.82) is 0 Å². The Bertz CT molecular complexity index is 1300. The maximum absolute atomic E-state index is 13.7. The number of methoxy groups -OCH3 is 1. The molecule has 2 amide bonds. The van der Waals surface area contributed by atoms with Crippen molar-refractivity contribution >= 4 is 36.7 Å². The van der Waals surface area contributed by atoms with Gasteiger partial charge in [-0.1, -0.05) is 86.6 Å². The highest BCUT2D eigenvalue weighted by molar-refractivity contribution is 7.53. The van der Waals surface area contributed by atoms with Crippen LogP contribution >= 0.6 is 7.60 Å². The van der Waals surface area contributed by atoms with E-state index < -0.39 is 37.4 Å². The zero-order valence-electron chi connectivity index (χ0n) is 21.6. The fourth-order valence-corrected chi connectivity index (χ4v) is 5.52. The van der Waals surface area contributed by atoms with Gasteiger partial charge >= 0.3 is 13.6 Å². The number of nitrogens with one attached hydrogen (secondary N) is 2. The highest BCUT2D eigenvalue weighted by Crippen LogP contribution is 2.49. The normalized spacial score (nSPS) is 15.2. The van der Waals surface area contributed by atoms with Crippen molar-refractivity contribution < 1.29 is 33.1 Å². The lowest BCUT2D eigenvalue weighted by Gasteiger charge is -2.29. The maximum Gasteiger partial charge on any atom is 0.351 e. The number of carbonyl (C=O) groups excluding carboxylic acids is 3. The molecular weight excluding hydrogens is 507 g/mol. The maximum atomic E-state index is 13.7. The number of rotatable bonds is 13. The van der Waals surface area contributed by atoms with Gasteiger partial charge < -0.3 is 20.3 Å². The van der Waals surface area contributed by atoms with Gasteiger partial charge in [-0.3, -0.25) is 18.7 Å². The first-order chi connectivity index (χ1) is 18.1. The molecule has 0 saturated carbocycles. The molecule has 202 valence electrons. The Kier molecular flexibility index (Phi) is 10.2. The van der Waals surface area contributed by atoms with E-state index >= 15 is 0 Å². The molecule has 9 nitrogen and oxygen atoms in total. The quantitative estimate of drug-likeness (QED) is 0.172. The Hall–Kier alpha value is -3.52. The van der Waals surface area contributed by atoms with Gasteiger partial charge in [-0.2, -0.15) is 0 Å². The number of carbonyl (C=O) groups is 3. The lowest BCUT2D eigenvalue weighted by atomic mass is 10.0. The Morgan fingerprint density at radius 1 is 0.947 bits per heavy atom. The summed E-state index contributed by atoms with van der Waals surface area (Å²) in [5.41, 5.74) is 1.38. The number of benzene rings is 3. The van der Waals surface area contributed by atoms with Crippen LogP contribution in [0.2, 0.25) is 0 Å². The molecule has 0 spiro atoms. The van der Waals surface area contributed by atoms with E-state index in [1.54, 1.807) is 44.2 Å². The second-order valence-electron chi connectivity index (χ2n) is 9.29. The predicted octanol–water partition coefficient (Wildman–Crippen LogP) is 3.58. The van der Waals surface area contributed by atoms with E-state index in [4.69, 9.17) is 9.26 Å². The first-order valence-electron chi connectivity index (χ1n) is 12.2. The molecule has 3 aromatic rings. The number of amides is 2. The molecule has 10 heteroatoms. The monoisotopic (exact) mass is 540 g/mol. The van der Waals surface area contributed by atoms with Crippen LogP contribution in [0, 0.1) is 5.92 Å². The first kappa shape index (κ1) is 29.0. The van der Waals surface area contributed by atoms with E-state index in [1.807, 2.05) is 42.5 Å². The van der Waals surface area contributed by atoms with Crippen LogP contribution in [0.3, 0.4) is 0 Å². The number of esters is 1. The summed E-state index contributed by atoms with van der Waals surface area (Å²) in [6.07, 6.45) is -1.04. The molecule has 3 aromatic carbocycles. The zero-order valence-corrected chi connectivity index (χ0v) is 22.5. The van der Waals surface area contributed by atoms with Crippen molar-refractivity contribution in [3.05, 3.63) is 83.9 Å². The number of ether oxygens (including phenoxy) is 1. The lowest BCUT2D eigenvalue weighted by Crippen LogP contribution is -2.50. The molecule has 0 aliphatic heterocycles. The van der Waals surface area contributed by atoms with Crippen molar-refractivity contribution in [3.8, 4) is 0 Å². The van der Waals surface area contributed by atoms with Gasteiger partial charge in [-0.15, -0.1) is 0 Å². The standard InChI is InChI=1S/C28H33N2O7P/c1-19(2)26(29-18-31)27(32)30-25(17-21-13-14-22-11-7-8-12-23(22)15-21)38(34,35)37-24(28(33)36-3)16-20-9-5-4-6-10-20/h4-15,18-19,24-26H,16-17H2,1-3H3,(H,29,31)(H,30,32)(H,34,35). The minimum atomic E-state index is -4.68. The van der Waals surface area contributed by atoms with E-state index in [1.165, 1.54) is 7.11 Å². The minimum absolute atomic E-state index is 0.00395. The highest BCUT2D eigenvalue weighted by atomic mass is 31.2. The third-order valence-electron chi connectivity index (χ3n) is 6.15. The summed E-state index contributed by atoms with van der Waals surface area (Å²) in [5.74, 6) is -3.16. The Balaban J connectivity index is 1.93. The van der Waals surface area contributed by atoms with Crippen LogP contribution in [-0.2, 0) is 41.1 Å². The number of hydrogen-bond donors (Lipinski definition) is 3. The third-order valence-corrected chi connectivity index (χ3v) is 7.80. The fourth-order valence-electron chi connectivity index (χ4n) is 4.11. The van der Waals surface area contributed by atoms with Crippen molar-refractivity contribution in [2.24, 2.45) is 5.92 Å². The van der Waals surface area contributed by atoms with Crippen LogP contribution in [-0.4, -0.2) is 48.2 Å². The third kappa shape index (κ3) is 7.74. The summed E-state index contributed by atoms with van der Waals surface area (Å²) in [6, 6.07) is 21.1. The molecule has 3 N–H and O–H groups in total. The van der Waals surface area contributed by atoms with E-state index in [-0.39, 0.29) is 18.8 Å². The average molecular weight is 541 g/mol. The molecule has 3 rings (SSSR count). The summed E-state index contributed by atoms with van der Waals surface area (Å²) in [7, 11) is -3.51. The number of fused-ring (bicyclic) bond motifs is 1. The van der Waals surface area contributed by atoms with Crippen LogP contribution in [0.15, 0.2) is 72.8 Å². The van der Waals surface area contributed by atoms with Gasteiger partial charge in [0.05, 0.1) is 7.11 Å². The van der Waals surface area contributed by atoms with Gasteiger partial charge in [0, 0.05) is 12.8 Å². The van der Waals surface area contributed by atoms with E-state index in [2.05, 4.69) is 10.6 Å². The van der Waals surface area contributed by atoms with Crippen molar-refractivity contribution in [1.82, 2.24) is 10.6 Å². The Morgan fingerprint density at radius 3 is 2.24 bits per heavy atom. The summed E-state index contributed by atoms with van der Waals surface area (Å²) < 4.78 is 24.1. The SMILES string of the molecule is COC(=O)C(Cc1ccccc1)OP(=O)(O)C(Cc1ccc2ccccc2c1)NC(=O)C(NC=O)C(C)C. The van der Waals surface area contributed by atoms with Gasteiger partial charge in [-0.25, -0.2) is 4.79 Å². The molecule has 0 bridgehead atoms. The molecule has 4 unspecified atom stereocenters. The summed E-state index contributed by atoms with van der Waals surface area (Å²) >= 11 is 0. The molecule has 0 aromatic heterocycles. The fraction of sp³-hybridized carbons (Fsp3) is 0.321. The van der Waals surface area contributed by atoms with Crippen LogP contribution in [0.5, 0.6) is 0 Å². The molecule has 0 aliphatic rings. The molecular formula is C28H33N2O7P. The molecule has 4 atom stereocenters. The highest BCUT2D eigenvalue weighted by Gasteiger charge is 2.40. The zero-order chi connectivity index (χ0) is 27.7. The average Bonchev–Trinajstić information content (AvgIpc) is 2.90. The van der Waals surface area contributed by atoms with Crippen LogP contribution in [0.25, 0.3) is 10.8 Å².